The summed E-state index contributed by atoms with van der Waals surface area (Å²) in [5, 5.41) is 10.9. The van der Waals surface area contributed by atoms with Crippen LogP contribution >= 0.6 is 11.3 Å². The minimum atomic E-state index is -0.464. The number of hydrogen-bond donors (Lipinski definition) is 1. The molecule has 2 atom stereocenters. The van der Waals surface area contributed by atoms with Crippen LogP contribution in [0, 0.1) is 0 Å². The molecule has 6 heteroatoms. The summed E-state index contributed by atoms with van der Waals surface area (Å²) in [4.78, 5) is 19.3. The number of aliphatic hydroxyl groups excluding tert-OH is 1. The lowest BCUT2D eigenvalue weighted by Crippen LogP contribution is -2.36. The fourth-order valence-corrected chi connectivity index (χ4v) is 3.36. The molecule has 0 aromatic carbocycles. The summed E-state index contributed by atoms with van der Waals surface area (Å²) in [7, 11) is 1.38. The Morgan fingerprint density at radius 3 is 2.85 bits per heavy atom. The van der Waals surface area contributed by atoms with Gasteiger partial charge in [0.15, 0.2) is 0 Å². The summed E-state index contributed by atoms with van der Waals surface area (Å²) >= 11 is 1.66. The van der Waals surface area contributed by atoms with Crippen molar-refractivity contribution in [2.75, 3.05) is 13.7 Å². The fraction of sp³-hybridized carbons (Fsp3) is 0.714. The molecule has 1 aliphatic heterocycles. The number of ether oxygens (including phenoxy) is 1. The Labute approximate surface area is 123 Å². The molecule has 0 unspecified atom stereocenters. The van der Waals surface area contributed by atoms with E-state index >= 15 is 0 Å². The van der Waals surface area contributed by atoms with Gasteiger partial charge in [-0.2, -0.15) is 0 Å². The van der Waals surface area contributed by atoms with Crippen LogP contribution < -0.4 is 0 Å². The molecule has 1 aromatic rings. The van der Waals surface area contributed by atoms with Crippen LogP contribution in [0.25, 0.3) is 0 Å². The Kier molecular flexibility index (Phi) is 4.46. The molecule has 2 rings (SSSR count). The highest BCUT2D eigenvalue weighted by molar-refractivity contribution is 7.11. The van der Waals surface area contributed by atoms with Gasteiger partial charge < -0.3 is 9.84 Å². The van der Waals surface area contributed by atoms with Crippen molar-refractivity contribution in [3.63, 3.8) is 0 Å². The molecule has 112 valence electrons. The first-order valence-corrected chi connectivity index (χ1v) is 7.58. The van der Waals surface area contributed by atoms with Crippen LogP contribution in [0.1, 0.15) is 37.1 Å². The molecule has 0 aliphatic carbocycles. The third-order valence-electron chi connectivity index (χ3n) is 3.41. The lowest BCUT2D eigenvalue weighted by atomic mass is 9.98. The molecule has 2 heterocycles. The Morgan fingerprint density at radius 2 is 2.30 bits per heavy atom. The maximum absolute atomic E-state index is 11.7. The van der Waals surface area contributed by atoms with Crippen LogP contribution in [0.2, 0.25) is 0 Å². The molecule has 0 radical (unpaired) electrons. The molecule has 5 nitrogen and oxygen atoms in total. The molecule has 1 fully saturated rings. The third kappa shape index (κ3) is 3.37. The van der Waals surface area contributed by atoms with Crippen molar-refractivity contribution in [3.8, 4) is 0 Å². The van der Waals surface area contributed by atoms with Crippen molar-refractivity contribution in [1.82, 2.24) is 9.88 Å². The number of rotatable bonds is 3. The van der Waals surface area contributed by atoms with E-state index in [-0.39, 0.29) is 17.4 Å². The van der Waals surface area contributed by atoms with E-state index in [1.54, 1.807) is 11.3 Å². The first kappa shape index (κ1) is 15.4. The van der Waals surface area contributed by atoms with Gasteiger partial charge in [0.05, 0.1) is 18.2 Å². The quantitative estimate of drug-likeness (QED) is 0.858. The summed E-state index contributed by atoms with van der Waals surface area (Å²) in [6.45, 7) is 7.53. The van der Waals surface area contributed by atoms with E-state index in [1.807, 2.05) is 11.1 Å². The van der Waals surface area contributed by atoms with E-state index in [2.05, 4.69) is 25.8 Å². The first-order chi connectivity index (χ1) is 9.31. The SMILES string of the molecule is COC(=O)[C@@H]1C[C@@H](O)CN1Cc1cnc(C(C)(C)C)s1. The number of aliphatic hydroxyl groups is 1. The molecule has 20 heavy (non-hydrogen) atoms. The van der Waals surface area contributed by atoms with Crippen LogP contribution in [0.4, 0.5) is 0 Å². The largest absolute Gasteiger partial charge is 0.468 e. The van der Waals surface area contributed by atoms with Crippen molar-refractivity contribution in [1.29, 1.82) is 0 Å². The monoisotopic (exact) mass is 298 g/mol. The van der Waals surface area contributed by atoms with Crippen molar-refractivity contribution in [2.24, 2.45) is 0 Å². The van der Waals surface area contributed by atoms with Crippen molar-refractivity contribution in [2.45, 2.75) is 51.3 Å². The Hall–Kier alpha value is -0.980. The summed E-state index contributed by atoms with van der Waals surface area (Å²) in [5.41, 5.74) is 0.0369. The van der Waals surface area contributed by atoms with Crippen molar-refractivity contribution >= 4 is 17.3 Å². The zero-order valence-electron chi connectivity index (χ0n) is 12.4. The number of aromatic nitrogens is 1. The topological polar surface area (TPSA) is 62.7 Å². The maximum Gasteiger partial charge on any atom is 0.323 e. The molecule has 0 saturated carbocycles. The zero-order valence-corrected chi connectivity index (χ0v) is 13.2. The zero-order chi connectivity index (χ0) is 14.9. The second-order valence-corrected chi connectivity index (χ2v) is 7.35. The lowest BCUT2D eigenvalue weighted by molar-refractivity contribution is -0.146. The van der Waals surface area contributed by atoms with Gasteiger partial charge in [-0.15, -0.1) is 11.3 Å². The van der Waals surface area contributed by atoms with Crippen LogP contribution in [0.5, 0.6) is 0 Å². The van der Waals surface area contributed by atoms with Crippen molar-refractivity contribution in [3.05, 3.63) is 16.1 Å². The standard InChI is InChI=1S/C14H22N2O3S/c1-14(2,3)13-15-6-10(20-13)8-16-7-9(17)5-11(16)12(18)19-4/h6,9,11,17H,5,7-8H2,1-4H3/t9-,11+/m1/s1. The summed E-state index contributed by atoms with van der Waals surface area (Å²) < 4.78 is 4.81. The highest BCUT2D eigenvalue weighted by Gasteiger charge is 2.37. The number of nitrogens with zero attached hydrogens (tertiary/aromatic N) is 2. The molecule has 1 aromatic heterocycles. The summed E-state index contributed by atoms with van der Waals surface area (Å²) in [5.74, 6) is -0.276. The number of thiazole rings is 1. The van der Waals surface area contributed by atoms with Crippen LogP contribution in [0.3, 0.4) is 0 Å². The molecular weight excluding hydrogens is 276 g/mol. The number of hydrogen-bond acceptors (Lipinski definition) is 6. The number of esters is 1. The van der Waals surface area contributed by atoms with Crippen LogP contribution in [-0.4, -0.2) is 46.8 Å². The molecule has 1 saturated heterocycles. The van der Waals surface area contributed by atoms with E-state index in [4.69, 9.17) is 4.74 Å². The van der Waals surface area contributed by atoms with E-state index in [1.165, 1.54) is 7.11 Å². The molecular formula is C14H22N2O3S. The maximum atomic E-state index is 11.7. The van der Waals surface area contributed by atoms with Crippen molar-refractivity contribution < 1.29 is 14.6 Å². The van der Waals surface area contributed by atoms with E-state index in [9.17, 15) is 9.90 Å². The van der Waals surface area contributed by atoms with Gasteiger partial charge in [-0.1, -0.05) is 20.8 Å². The average molecular weight is 298 g/mol. The number of likely N-dealkylation sites (tertiary alicyclic amines) is 1. The second kappa shape index (κ2) is 5.79. The number of methoxy groups -OCH3 is 1. The predicted octanol–water partition coefficient (Wildman–Crippen LogP) is 1.55. The third-order valence-corrected chi connectivity index (χ3v) is 4.82. The molecule has 0 amide bonds. The van der Waals surface area contributed by atoms with Gasteiger partial charge in [0.25, 0.3) is 0 Å². The molecule has 0 bridgehead atoms. The minimum absolute atomic E-state index is 0.0369. The normalized spacial score (nSPS) is 24.1. The fourth-order valence-electron chi connectivity index (χ4n) is 2.36. The Bertz CT molecular complexity index is 481. The van der Waals surface area contributed by atoms with Gasteiger partial charge in [0.2, 0.25) is 0 Å². The highest BCUT2D eigenvalue weighted by Crippen LogP contribution is 2.29. The van der Waals surface area contributed by atoms with Gasteiger partial charge in [-0.3, -0.25) is 9.69 Å². The second-order valence-electron chi connectivity index (χ2n) is 6.24. The van der Waals surface area contributed by atoms with Gasteiger partial charge in [-0.05, 0) is 0 Å². The summed E-state index contributed by atoms with van der Waals surface area (Å²) in [6.07, 6.45) is 1.84. The first-order valence-electron chi connectivity index (χ1n) is 6.76. The minimum Gasteiger partial charge on any atom is -0.468 e. The Balaban J connectivity index is 2.08. The van der Waals surface area contributed by atoms with E-state index < -0.39 is 6.10 Å². The van der Waals surface area contributed by atoms with Gasteiger partial charge in [-0.25, -0.2) is 4.98 Å². The molecule has 1 aliphatic rings. The van der Waals surface area contributed by atoms with Gasteiger partial charge >= 0.3 is 5.97 Å². The van der Waals surface area contributed by atoms with Gasteiger partial charge in [0.1, 0.15) is 6.04 Å². The molecule has 1 N–H and O–H groups in total. The Morgan fingerprint density at radius 1 is 1.60 bits per heavy atom. The van der Waals surface area contributed by atoms with Gasteiger partial charge in [0, 0.05) is 36.0 Å². The predicted molar refractivity (Wildman–Crippen MR) is 77.7 cm³/mol. The van der Waals surface area contributed by atoms with E-state index in [0.29, 0.717) is 19.5 Å². The van der Waals surface area contributed by atoms with E-state index in [0.717, 1.165) is 9.88 Å². The van der Waals surface area contributed by atoms with Crippen LogP contribution in [0.15, 0.2) is 6.20 Å². The summed E-state index contributed by atoms with van der Waals surface area (Å²) in [6, 6.07) is -0.352. The highest BCUT2D eigenvalue weighted by atomic mass is 32.1. The lowest BCUT2D eigenvalue weighted by Gasteiger charge is -2.21. The number of carbonyl (C=O) groups excluding carboxylic acids is 1. The van der Waals surface area contributed by atoms with Crippen LogP contribution in [-0.2, 0) is 21.5 Å². The average Bonchev–Trinajstić information content (AvgIpc) is 2.95. The smallest absolute Gasteiger partial charge is 0.323 e. The number of β-amino-alcohol motifs (C(OH)–C–C–N with tert-alkyl or cyclic N) is 1. The number of carbonyl (C=O) groups is 1. The molecule has 0 spiro atoms.